The Kier molecular flexibility index (Phi) is 9.92. The number of halogens is 1. The van der Waals surface area contributed by atoms with Crippen LogP contribution in [-0.4, -0.2) is 96.1 Å². The Hall–Kier alpha value is -2.47. The van der Waals surface area contributed by atoms with Gasteiger partial charge in [-0.3, -0.25) is 4.79 Å². The number of benzene rings is 1. The summed E-state index contributed by atoms with van der Waals surface area (Å²) in [7, 11) is -1.50. The molecule has 11 heteroatoms. The molecule has 2 unspecified atom stereocenters. The largest absolute Gasteiger partial charge is 0.370 e. The molecule has 0 N–H and O–H groups in total. The molecule has 42 heavy (non-hydrogen) atoms. The number of nitrogens with zero attached hydrogens (tertiary/aromatic N) is 5. The highest BCUT2D eigenvalue weighted by atomic mass is 32.2. The van der Waals surface area contributed by atoms with Gasteiger partial charge in [-0.05, 0) is 95.5 Å². The van der Waals surface area contributed by atoms with Crippen molar-refractivity contribution in [2.45, 2.75) is 89.0 Å². The maximum atomic E-state index is 13.5. The molecular formula is C31H44FN5O4S. The maximum absolute atomic E-state index is 13.5. The van der Waals surface area contributed by atoms with Gasteiger partial charge in [0.2, 0.25) is 10.0 Å². The number of piperidine rings is 2. The number of ether oxygens (including phenoxy) is 1. The van der Waals surface area contributed by atoms with Crippen molar-refractivity contribution in [1.29, 1.82) is 0 Å². The summed E-state index contributed by atoms with van der Waals surface area (Å²) in [6, 6.07) is 7.06. The third-order valence-corrected chi connectivity index (χ3v) is 10.8. The van der Waals surface area contributed by atoms with Crippen LogP contribution in [0.2, 0.25) is 0 Å². The van der Waals surface area contributed by atoms with E-state index in [1.807, 2.05) is 11.8 Å². The van der Waals surface area contributed by atoms with Gasteiger partial charge in [-0.15, -0.1) is 0 Å². The maximum Gasteiger partial charge on any atom is 0.272 e. The summed E-state index contributed by atoms with van der Waals surface area (Å²) in [6.45, 7) is 5.08. The summed E-state index contributed by atoms with van der Waals surface area (Å²) in [5.74, 6) is -0.273. The smallest absolute Gasteiger partial charge is 0.272 e. The van der Waals surface area contributed by atoms with Crippen LogP contribution < -0.4 is 0 Å². The van der Waals surface area contributed by atoms with Crippen molar-refractivity contribution in [1.82, 2.24) is 24.1 Å². The Bertz CT molecular complexity index is 1330. The molecule has 1 aromatic carbocycles. The number of likely N-dealkylation sites (tertiary alicyclic amines) is 2. The summed E-state index contributed by atoms with van der Waals surface area (Å²) >= 11 is 0. The van der Waals surface area contributed by atoms with E-state index in [-0.39, 0.29) is 30.0 Å². The van der Waals surface area contributed by atoms with Crippen molar-refractivity contribution in [3.63, 3.8) is 0 Å². The van der Waals surface area contributed by atoms with Gasteiger partial charge in [0.25, 0.3) is 5.91 Å². The topological polar surface area (TPSA) is 95.9 Å². The predicted octanol–water partition coefficient (Wildman–Crippen LogP) is 4.13. The monoisotopic (exact) mass is 601 g/mol. The van der Waals surface area contributed by atoms with Crippen LogP contribution in [0.1, 0.15) is 84.8 Å². The van der Waals surface area contributed by atoms with E-state index in [1.165, 1.54) is 29.0 Å². The second kappa shape index (κ2) is 13.4. The number of amides is 1. The number of carbonyl (C=O) groups excluding carboxylic acids is 1. The van der Waals surface area contributed by atoms with E-state index >= 15 is 0 Å². The molecule has 0 saturated carbocycles. The standard InChI is InChI=1S/C31H44FN5O4S/c1-22-28(12-11-27-5-4-6-29(41-27)23-7-9-24(32)10-8-23)33-21-34-30(22)31(38)37-19-15-26(16-20-37)36-17-13-25(14-18-36)35(2)42(3,39)40/h7-10,21,25-27,29H,4-6,11-20H2,1-3H3. The van der Waals surface area contributed by atoms with Gasteiger partial charge in [0.1, 0.15) is 17.8 Å². The summed E-state index contributed by atoms with van der Waals surface area (Å²) < 4.78 is 45.0. The SMILES string of the molecule is Cc1c(CCC2CCCC(c3ccc(F)cc3)O2)ncnc1C(=O)N1CCC(N2CCC(N(C)S(C)(=O)=O)CC2)CC1. The first-order chi connectivity index (χ1) is 20.1. The second-order valence-corrected chi connectivity index (χ2v) is 14.2. The van der Waals surface area contributed by atoms with Crippen molar-refractivity contribution in [2.24, 2.45) is 0 Å². The molecule has 0 aliphatic carbocycles. The average molecular weight is 602 g/mol. The van der Waals surface area contributed by atoms with Gasteiger partial charge in [-0.25, -0.2) is 27.1 Å². The number of aryl methyl sites for hydroxylation is 1. The number of sulfonamides is 1. The lowest BCUT2D eigenvalue weighted by Gasteiger charge is -2.43. The molecule has 2 aromatic rings. The van der Waals surface area contributed by atoms with Crippen LogP contribution in [-0.2, 0) is 21.2 Å². The molecule has 2 atom stereocenters. The molecule has 0 bridgehead atoms. The third kappa shape index (κ3) is 7.35. The normalized spacial score (nSPS) is 23.4. The molecule has 0 spiro atoms. The number of hydrogen-bond acceptors (Lipinski definition) is 7. The zero-order valence-corrected chi connectivity index (χ0v) is 25.9. The summed E-state index contributed by atoms with van der Waals surface area (Å²) in [6.07, 6.45) is 10.8. The van der Waals surface area contributed by atoms with Gasteiger partial charge in [0.15, 0.2) is 0 Å². The van der Waals surface area contributed by atoms with Crippen LogP contribution >= 0.6 is 0 Å². The Morgan fingerprint density at radius 3 is 2.38 bits per heavy atom. The highest BCUT2D eigenvalue weighted by Crippen LogP contribution is 2.33. The van der Waals surface area contributed by atoms with E-state index in [4.69, 9.17) is 4.74 Å². The molecule has 0 radical (unpaired) electrons. The molecule has 9 nitrogen and oxygen atoms in total. The van der Waals surface area contributed by atoms with Crippen molar-refractivity contribution in [3.05, 3.63) is 58.9 Å². The van der Waals surface area contributed by atoms with Crippen LogP contribution in [0.3, 0.4) is 0 Å². The first-order valence-corrected chi connectivity index (χ1v) is 17.1. The quantitative estimate of drug-likeness (QED) is 0.449. The van der Waals surface area contributed by atoms with E-state index < -0.39 is 10.0 Å². The lowest BCUT2D eigenvalue weighted by atomic mass is 9.95. The van der Waals surface area contributed by atoms with Gasteiger partial charge in [0.05, 0.1) is 18.5 Å². The number of aromatic nitrogens is 2. The van der Waals surface area contributed by atoms with E-state index in [0.29, 0.717) is 31.2 Å². The lowest BCUT2D eigenvalue weighted by Crippen LogP contribution is -2.52. The lowest BCUT2D eigenvalue weighted by molar-refractivity contribution is -0.0547. The van der Waals surface area contributed by atoms with Crippen molar-refractivity contribution in [3.8, 4) is 0 Å². The van der Waals surface area contributed by atoms with Crippen LogP contribution in [0, 0.1) is 12.7 Å². The fourth-order valence-electron chi connectivity index (χ4n) is 6.76. The molecular weight excluding hydrogens is 557 g/mol. The second-order valence-electron chi connectivity index (χ2n) is 12.1. The first kappa shape index (κ1) is 31.0. The Morgan fingerprint density at radius 1 is 1.02 bits per heavy atom. The van der Waals surface area contributed by atoms with Crippen LogP contribution in [0.4, 0.5) is 4.39 Å². The fourth-order valence-corrected chi connectivity index (χ4v) is 7.51. The minimum atomic E-state index is -3.17. The van der Waals surface area contributed by atoms with Crippen LogP contribution in [0.5, 0.6) is 0 Å². The van der Waals surface area contributed by atoms with Gasteiger partial charge in [-0.1, -0.05) is 12.1 Å². The molecule has 3 saturated heterocycles. The Labute approximate surface area is 249 Å². The van der Waals surface area contributed by atoms with Gasteiger partial charge >= 0.3 is 0 Å². The zero-order chi connectivity index (χ0) is 29.9. The molecule has 3 fully saturated rings. The highest BCUT2D eigenvalue weighted by Gasteiger charge is 2.33. The van der Waals surface area contributed by atoms with E-state index in [9.17, 15) is 17.6 Å². The average Bonchev–Trinajstić information content (AvgIpc) is 3.00. The summed E-state index contributed by atoms with van der Waals surface area (Å²) in [5, 5.41) is 0. The van der Waals surface area contributed by atoms with Gasteiger partial charge in [0, 0.05) is 43.5 Å². The molecule has 1 aromatic heterocycles. The third-order valence-electron chi connectivity index (χ3n) is 9.49. The number of rotatable bonds is 8. The molecule has 4 heterocycles. The minimum absolute atomic E-state index is 0.0175. The van der Waals surface area contributed by atoms with Gasteiger partial charge in [-0.2, -0.15) is 0 Å². The van der Waals surface area contributed by atoms with Crippen molar-refractivity contribution in [2.75, 3.05) is 39.5 Å². The fraction of sp³-hybridized carbons (Fsp3) is 0.645. The first-order valence-electron chi connectivity index (χ1n) is 15.3. The minimum Gasteiger partial charge on any atom is -0.370 e. The zero-order valence-electron chi connectivity index (χ0n) is 25.0. The van der Waals surface area contributed by atoms with E-state index in [0.717, 1.165) is 81.3 Å². The number of carbonyl (C=O) groups is 1. The van der Waals surface area contributed by atoms with Crippen LogP contribution in [0.15, 0.2) is 30.6 Å². The van der Waals surface area contributed by atoms with Crippen molar-refractivity contribution < 1.29 is 22.3 Å². The molecule has 230 valence electrons. The molecule has 5 rings (SSSR count). The predicted molar refractivity (Wildman–Crippen MR) is 159 cm³/mol. The Balaban J connectivity index is 1.11. The number of hydrogen-bond donors (Lipinski definition) is 0. The van der Waals surface area contributed by atoms with E-state index in [2.05, 4.69) is 14.9 Å². The van der Waals surface area contributed by atoms with Crippen LogP contribution in [0.25, 0.3) is 0 Å². The van der Waals surface area contributed by atoms with E-state index in [1.54, 1.807) is 19.2 Å². The summed E-state index contributed by atoms with van der Waals surface area (Å²) in [5.41, 5.74) is 3.22. The summed E-state index contributed by atoms with van der Waals surface area (Å²) in [4.78, 5) is 26.8. The Morgan fingerprint density at radius 2 is 1.71 bits per heavy atom. The highest BCUT2D eigenvalue weighted by molar-refractivity contribution is 7.88. The molecule has 3 aliphatic heterocycles. The van der Waals surface area contributed by atoms with Gasteiger partial charge < -0.3 is 14.5 Å². The molecule has 3 aliphatic rings. The van der Waals surface area contributed by atoms with Crippen molar-refractivity contribution >= 4 is 15.9 Å². The molecule has 1 amide bonds.